The van der Waals surface area contributed by atoms with E-state index in [-0.39, 0.29) is 18.3 Å². The van der Waals surface area contributed by atoms with E-state index in [1.807, 2.05) is 48.9 Å². The third kappa shape index (κ3) is 5.13. The van der Waals surface area contributed by atoms with E-state index in [2.05, 4.69) is 10.4 Å². The first-order valence-corrected chi connectivity index (χ1v) is 10.8. The molecule has 0 saturated heterocycles. The van der Waals surface area contributed by atoms with Crippen LogP contribution in [0, 0.1) is 13.8 Å². The fourth-order valence-electron chi connectivity index (χ4n) is 3.51. The van der Waals surface area contributed by atoms with Crippen molar-refractivity contribution in [3.05, 3.63) is 106 Å². The smallest absolute Gasteiger partial charge is 0.315 e. The van der Waals surface area contributed by atoms with Crippen LogP contribution >= 0.6 is 11.6 Å². The van der Waals surface area contributed by atoms with Crippen LogP contribution in [0.5, 0.6) is 5.75 Å². The van der Waals surface area contributed by atoms with E-state index in [4.69, 9.17) is 16.3 Å². The average molecular weight is 460 g/mol. The molecule has 0 aliphatic heterocycles. The van der Waals surface area contributed by atoms with Gasteiger partial charge in [-0.1, -0.05) is 41.9 Å². The molecule has 1 amide bonds. The molecule has 7 heteroatoms. The molecule has 4 aromatic rings. The molecule has 33 heavy (non-hydrogen) atoms. The van der Waals surface area contributed by atoms with Crippen molar-refractivity contribution in [2.45, 2.75) is 20.3 Å². The second kappa shape index (κ2) is 9.71. The van der Waals surface area contributed by atoms with Gasteiger partial charge < -0.3 is 10.1 Å². The minimum Gasteiger partial charge on any atom is -0.426 e. The summed E-state index contributed by atoms with van der Waals surface area (Å²) < 4.78 is 7.33. The molecule has 0 atom stereocenters. The lowest BCUT2D eigenvalue weighted by Gasteiger charge is -2.09. The molecule has 0 spiro atoms. The van der Waals surface area contributed by atoms with Crippen LogP contribution in [0.3, 0.4) is 0 Å². The number of hydrogen-bond donors (Lipinski definition) is 1. The molecule has 166 valence electrons. The number of aromatic nitrogens is 2. The molecule has 1 heterocycles. The van der Waals surface area contributed by atoms with Gasteiger partial charge in [0, 0.05) is 16.9 Å². The Morgan fingerprint density at radius 2 is 1.61 bits per heavy atom. The predicted molar refractivity (Wildman–Crippen MR) is 128 cm³/mol. The molecule has 6 nitrogen and oxygen atoms in total. The van der Waals surface area contributed by atoms with Crippen LogP contribution in [0.4, 0.5) is 5.69 Å². The number of carbonyl (C=O) groups is 2. The first-order chi connectivity index (χ1) is 15.9. The summed E-state index contributed by atoms with van der Waals surface area (Å²) >= 11 is 6.07. The molecule has 0 radical (unpaired) electrons. The summed E-state index contributed by atoms with van der Waals surface area (Å²) in [4.78, 5) is 25.0. The number of esters is 1. The summed E-state index contributed by atoms with van der Waals surface area (Å²) in [7, 11) is 0. The zero-order valence-electron chi connectivity index (χ0n) is 18.2. The molecule has 0 aliphatic rings. The summed E-state index contributed by atoms with van der Waals surface area (Å²) in [6, 6.07) is 23.2. The maximum Gasteiger partial charge on any atom is 0.315 e. The van der Waals surface area contributed by atoms with Crippen molar-refractivity contribution in [2.24, 2.45) is 0 Å². The monoisotopic (exact) mass is 459 g/mol. The topological polar surface area (TPSA) is 73.2 Å². The molecule has 0 saturated carbocycles. The Hall–Kier alpha value is -3.90. The van der Waals surface area contributed by atoms with E-state index >= 15 is 0 Å². The van der Waals surface area contributed by atoms with Crippen molar-refractivity contribution in [3.8, 4) is 11.4 Å². The summed E-state index contributed by atoms with van der Waals surface area (Å²) in [5.41, 5.74) is 4.41. The van der Waals surface area contributed by atoms with Crippen molar-refractivity contribution < 1.29 is 14.3 Å². The molecular formula is C26H22ClN3O3. The number of rotatable bonds is 6. The van der Waals surface area contributed by atoms with Crippen molar-refractivity contribution >= 4 is 29.2 Å². The number of para-hydroxylation sites is 1. The zero-order chi connectivity index (χ0) is 23.4. The quantitative estimate of drug-likeness (QED) is 0.303. The Labute approximate surface area is 196 Å². The number of ether oxygens (including phenoxy) is 1. The van der Waals surface area contributed by atoms with Gasteiger partial charge in [-0.25, -0.2) is 4.68 Å². The fourth-order valence-corrected chi connectivity index (χ4v) is 3.73. The molecule has 0 bridgehead atoms. The number of halogens is 1. The summed E-state index contributed by atoms with van der Waals surface area (Å²) in [5, 5.41) is 7.72. The highest BCUT2D eigenvalue weighted by atomic mass is 35.5. The maximum absolute atomic E-state index is 12.6. The number of benzene rings is 3. The van der Waals surface area contributed by atoms with Gasteiger partial charge in [0.05, 0.1) is 28.4 Å². The van der Waals surface area contributed by atoms with E-state index < -0.39 is 0 Å². The Morgan fingerprint density at radius 3 is 2.30 bits per heavy atom. The number of nitrogens with one attached hydrogen (secondary N) is 1. The summed E-state index contributed by atoms with van der Waals surface area (Å²) in [5.74, 6) is -0.310. The van der Waals surface area contributed by atoms with E-state index in [1.54, 1.807) is 48.5 Å². The molecular weight excluding hydrogens is 438 g/mol. The number of aryl methyl sites for hydroxylation is 1. The molecule has 0 aliphatic carbocycles. The third-order valence-electron chi connectivity index (χ3n) is 5.23. The minimum atomic E-state index is -0.387. The van der Waals surface area contributed by atoms with Crippen LogP contribution in [0.15, 0.2) is 78.9 Å². The van der Waals surface area contributed by atoms with Gasteiger partial charge in [0.25, 0.3) is 5.91 Å². The lowest BCUT2D eigenvalue weighted by atomic mass is 10.1. The van der Waals surface area contributed by atoms with E-state index in [1.165, 1.54) is 0 Å². The molecule has 3 aromatic carbocycles. The van der Waals surface area contributed by atoms with Gasteiger partial charge >= 0.3 is 5.97 Å². The van der Waals surface area contributed by atoms with Crippen LogP contribution in [-0.2, 0) is 11.2 Å². The molecule has 0 fully saturated rings. The second-order valence-electron chi connectivity index (χ2n) is 7.51. The normalized spacial score (nSPS) is 10.6. The fraction of sp³-hybridized carbons (Fsp3) is 0.115. The van der Waals surface area contributed by atoms with E-state index in [0.717, 1.165) is 22.6 Å². The average Bonchev–Trinajstić information content (AvgIpc) is 3.09. The highest BCUT2D eigenvalue weighted by Gasteiger charge is 2.17. The molecule has 4 rings (SSSR count). The third-order valence-corrected chi connectivity index (χ3v) is 5.55. The SMILES string of the molecule is Cc1nn(-c2ccccc2)c(C)c1CC(=O)Oc1ccc(NC(=O)c2ccccc2Cl)cc1. The Morgan fingerprint density at radius 1 is 0.939 bits per heavy atom. The lowest BCUT2D eigenvalue weighted by Crippen LogP contribution is -2.13. The van der Waals surface area contributed by atoms with Crippen molar-refractivity contribution in [1.29, 1.82) is 0 Å². The van der Waals surface area contributed by atoms with E-state index in [9.17, 15) is 9.59 Å². The molecule has 1 N–H and O–H groups in total. The largest absolute Gasteiger partial charge is 0.426 e. The highest BCUT2D eigenvalue weighted by molar-refractivity contribution is 6.34. The number of nitrogens with zero attached hydrogens (tertiary/aromatic N) is 2. The summed E-state index contributed by atoms with van der Waals surface area (Å²) in [6.07, 6.45) is 0.107. The van der Waals surface area contributed by atoms with Crippen LogP contribution < -0.4 is 10.1 Å². The number of amides is 1. The van der Waals surface area contributed by atoms with Gasteiger partial charge in [-0.2, -0.15) is 5.10 Å². The number of hydrogen-bond acceptors (Lipinski definition) is 4. The molecule has 0 unspecified atom stereocenters. The van der Waals surface area contributed by atoms with Gasteiger partial charge in [0.2, 0.25) is 0 Å². The van der Waals surface area contributed by atoms with Gasteiger partial charge in [-0.05, 0) is 62.4 Å². The summed E-state index contributed by atoms with van der Waals surface area (Å²) in [6.45, 7) is 3.82. The van der Waals surface area contributed by atoms with Crippen molar-refractivity contribution in [2.75, 3.05) is 5.32 Å². The van der Waals surface area contributed by atoms with Crippen LogP contribution in [-0.4, -0.2) is 21.7 Å². The maximum atomic E-state index is 12.6. The van der Waals surface area contributed by atoms with Gasteiger partial charge in [0.15, 0.2) is 0 Å². The first kappa shape index (κ1) is 22.3. The molecule has 1 aromatic heterocycles. The number of anilines is 1. The Kier molecular flexibility index (Phi) is 6.56. The Balaban J connectivity index is 1.40. The first-order valence-electron chi connectivity index (χ1n) is 10.4. The lowest BCUT2D eigenvalue weighted by molar-refractivity contribution is -0.133. The predicted octanol–water partition coefficient (Wildman–Crippen LogP) is 5.54. The van der Waals surface area contributed by atoms with Crippen LogP contribution in [0.2, 0.25) is 5.02 Å². The van der Waals surface area contributed by atoms with Gasteiger partial charge in [0.1, 0.15) is 5.75 Å². The Bertz CT molecular complexity index is 1300. The van der Waals surface area contributed by atoms with E-state index in [0.29, 0.717) is 22.0 Å². The van der Waals surface area contributed by atoms with Crippen molar-refractivity contribution in [3.63, 3.8) is 0 Å². The minimum absolute atomic E-state index is 0.107. The number of carbonyl (C=O) groups excluding carboxylic acids is 2. The van der Waals surface area contributed by atoms with Crippen LogP contribution in [0.25, 0.3) is 5.69 Å². The highest BCUT2D eigenvalue weighted by Crippen LogP contribution is 2.22. The van der Waals surface area contributed by atoms with Gasteiger partial charge in [-0.15, -0.1) is 0 Å². The van der Waals surface area contributed by atoms with Gasteiger partial charge in [-0.3, -0.25) is 9.59 Å². The zero-order valence-corrected chi connectivity index (χ0v) is 19.0. The van der Waals surface area contributed by atoms with Crippen LogP contribution in [0.1, 0.15) is 27.3 Å². The second-order valence-corrected chi connectivity index (χ2v) is 7.91. The van der Waals surface area contributed by atoms with Crippen molar-refractivity contribution in [1.82, 2.24) is 9.78 Å². The standard InChI is InChI=1S/C26H22ClN3O3/c1-17-23(18(2)30(29-17)20-8-4-3-5-9-20)16-25(31)33-21-14-12-19(13-15-21)28-26(32)22-10-6-7-11-24(22)27/h3-15H,16H2,1-2H3,(H,28,32).